The maximum absolute atomic E-state index is 4.33. The molecule has 0 bridgehead atoms. The van der Waals surface area contributed by atoms with Gasteiger partial charge in [0.05, 0.1) is 6.20 Å². The Hall–Kier alpha value is -0.790. The van der Waals surface area contributed by atoms with Gasteiger partial charge in [-0.2, -0.15) is 0 Å². The molecule has 0 atom stereocenters. The summed E-state index contributed by atoms with van der Waals surface area (Å²) in [6.45, 7) is 12.9. The van der Waals surface area contributed by atoms with Crippen LogP contribution in [0.25, 0.3) is 0 Å². The van der Waals surface area contributed by atoms with Crippen molar-refractivity contribution in [3.05, 3.63) is 18.5 Å². The second-order valence-corrected chi connectivity index (χ2v) is 3.60. The molecule has 0 fully saturated rings. The fraction of sp³-hybridized carbons (Fsp3) is 0.750. The second kappa shape index (κ2) is 12.2. The minimum atomic E-state index is 0. The molecule has 0 aromatic carbocycles. The van der Waals surface area contributed by atoms with Crippen LogP contribution in [0.4, 0.5) is 0 Å². The lowest BCUT2D eigenvalue weighted by Gasteiger charge is -2.12. The summed E-state index contributed by atoms with van der Waals surface area (Å²) in [7, 11) is 0. The van der Waals surface area contributed by atoms with Crippen LogP contribution >= 0.6 is 0 Å². The van der Waals surface area contributed by atoms with Gasteiger partial charge < -0.3 is 4.52 Å². The van der Waals surface area contributed by atoms with E-state index in [9.17, 15) is 0 Å². The fourth-order valence-corrected chi connectivity index (χ4v) is 0.176. The highest BCUT2D eigenvalue weighted by Crippen LogP contribution is 2.16. The minimum Gasteiger partial charge on any atom is -0.365 e. The normalized spacial score (nSPS) is 8.43. The smallest absolute Gasteiger partial charge is 0.123 e. The molecule has 0 aliphatic heterocycles. The van der Waals surface area contributed by atoms with Crippen LogP contribution in [-0.2, 0) is 0 Å². The molecule has 0 spiro atoms. The number of hydrogen-bond donors (Lipinski definition) is 0. The van der Waals surface area contributed by atoms with Crippen LogP contribution in [0.3, 0.4) is 0 Å². The Bertz CT molecular complexity index is 134. The third kappa shape index (κ3) is 22.5. The van der Waals surface area contributed by atoms with Crippen molar-refractivity contribution in [1.29, 1.82) is 0 Å². The molecule has 0 saturated heterocycles. The maximum atomic E-state index is 4.33. The molecule has 86 valence electrons. The molecule has 0 aliphatic rings. The fourth-order valence-electron chi connectivity index (χ4n) is 0.176. The van der Waals surface area contributed by atoms with E-state index in [4.69, 9.17) is 0 Å². The van der Waals surface area contributed by atoms with Crippen LogP contribution in [0.1, 0.15) is 55.4 Å². The predicted octanol–water partition coefficient (Wildman–Crippen LogP) is 4.78. The molecular weight excluding hydrogens is 174 g/mol. The van der Waals surface area contributed by atoms with Gasteiger partial charge in [-0.25, -0.2) is 0 Å². The van der Waals surface area contributed by atoms with Gasteiger partial charge in [-0.15, -0.1) is 0 Å². The van der Waals surface area contributed by atoms with Gasteiger partial charge in [-0.3, -0.25) is 0 Å². The number of nitrogens with zero attached hydrogens (tertiary/aromatic N) is 1. The van der Waals surface area contributed by atoms with Gasteiger partial charge in [-0.1, -0.05) is 60.5 Å². The first kappa shape index (κ1) is 18.9. The van der Waals surface area contributed by atoms with Crippen LogP contribution in [0.5, 0.6) is 0 Å². The molecule has 0 N–H and O–H groups in total. The van der Waals surface area contributed by atoms with E-state index < -0.39 is 0 Å². The summed E-state index contributed by atoms with van der Waals surface area (Å²) in [5.41, 5.74) is 0.542. The highest BCUT2D eigenvalue weighted by molar-refractivity contribution is 4.67. The van der Waals surface area contributed by atoms with Gasteiger partial charge in [0, 0.05) is 0 Å². The monoisotopic (exact) mass is 201 g/mol. The summed E-state index contributed by atoms with van der Waals surface area (Å²) in [5, 5.41) is 3.35. The van der Waals surface area contributed by atoms with E-state index in [-0.39, 0.29) is 7.43 Å². The molecular formula is C12H27NO. The molecule has 1 heterocycles. The van der Waals surface area contributed by atoms with Crippen molar-refractivity contribution in [2.45, 2.75) is 55.4 Å². The van der Waals surface area contributed by atoms with Crippen LogP contribution in [0.2, 0.25) is 0 Å². The topological polar surface area (TPSA) is 26.0 Å². The van der Waals surface area contributed by atoms with Crippen molar-refractivity contribution in [2.75, 3.05) is 0 Å². The average Bonchev–Trinajstić information content (AvgIpc) is 2.64. The van der Waals surface area contributed by atoms with Crippen LogP contribution < -0.4 is 0 Å². The Balaban J connectivity index is -0.000000139. The van der Waals surface area contributed by atoms with Crippen LogP contribution in [0.15, 0.2) is 23.0 Å². The Morgan fingerprint density at radius 2 is 1.64 bits per heavy atom. The van der Waals surface area contributed by atoms with Crippen LogP contribution in [-0.4, -0.2) is 5.16 Å². The maximum Gasteiger partial charge on any atom is 0.123 e. The van der Waals surface area contributed by atoms with Gasteiger partial charge in [0.2, 0.25) is 0 Å². The highest BCUT2D eigenvalue weighted by atomic mass is 16.5. The lowest BCUT2D eigenvalue weighted by Crippen LogP contribution is -2.00. The minimum absolute atomic E-state index is 0. The number of aromatic nitrogens is 1. The first-order valence-corrected chi connectivity index (χ1v) is 4.90. The molecule has 0 radical (unpaired) electrons. The molecule has 1 aromatic heterocycles. The van der Waals surface area contributed by atoms with Gasteiger partial charge in [-0.05, 0) is 11.5 Å². The Morgan fingerprint density at radius 3 is 1.71 bits per heavy atom. The molecule has 2 nitrogen and oxygen atoms in total. The zero-order valence-corrected chi connectivity index (χ0v) is 9.79. The van der Waals surface area contributed by atoms with E-state index in [1.807, 2.05) is 13.8 Å². The Morgan fingerprint density at radius 1 is 1.21 bits per heavy atom. The lowest BCUT2D eigenvalue weighted by molar-refractivity contribution is 0.398. The van der Waals surface area contributed by atoms with Crippen molar-refractivity contribution >= 4 is 0 Å². The van der Waals surface area contributed by atoms with Crippen molar-refractivity contribution in [3.8, 4) is 0 Å². The Labute approximate surface area is 89.7 Å². The summed E-state index contributed by atoms with van der Waals surface area (Å²) < 4.78 is 4.33. The third-order valence-corrected chi connectivity index (χ3v) is 1.41. The first-order chi connectivity index (χ1) is 6.06. The summed E-state index contributed by atoms with van der Waals surface area (Å²) in [4.78, 5) is 0. The molecule has 0 unspecified atom stereocenters. The summed E-state index contributed by atoms with van der Waals surface area (Å²) >= 11 is 0. The van der Waals surface area contributed by atoms with E-state index in [1.54, 1.807) is 12.3 Å². The zero-order chi connectivity index (χ0) is 10.7. The zero-order valence-electron chi connectivity index (χ0n) is 9.79. The summed E-state index contributed by atoms with van der Waals surface area (Å²) in [6, 6.07) is 1.72. The van der Waals surface area contributed by atoms with Crippen molar-refractivity contribution in [3.63, 3.8) is 0 Å². The molecule has 1 aromatic rings. The third-order valence-electron chi connectivity index (χ3n) is 1.41. The molecule has 0 saturated carbocycles. The van der Waals surface area contributed by atoms with E-state index in [0.717, 1.165) is 0 Å². The van der Waals surface area contributed by atoms with Gasteiger partial charge >= 0.3 is 0 Å². The number of hydrogen-bond acceptors (Lipinski definition) is 2. The largest absolute Gasteiger partial charge is 0.365 e. The van der Waals surface area contributed by atoms with Gasteiger partial charge in [0.15, 0.2) is 0 Å². The van der Waals surface area contributed by atoms with Gasteiger partial charge in [0.25, 0.3) is 0 Å². The SMILES string of the molecule is C.CC.CCC(C)(C)C.c1cnoc1. The predicted molar refractivity (Wildman–Crippen MR) is 64.3 cm³/mol. The molecule has 14 heavy (non-hydrogen) atoms. The first-order valence-electron chi connectivity index (χ1n) is 4.90. The quantitative estimate of drug-likeness (QED) is 0.603. The van der Waals surface area contributed by atoms with E-state index >= 15 is 0 Å². The van der Waals surface area contributed by atoms with E-state index in [1.165, 1.54) is 12.7 Å². The molecule has 2 heteroatoms. The molecule has 1 rings (SSSR count). The summed E-state index contributed by atoms with van der Waals surface area (Å²) in [6.07, 6.45) is 4.37. The summed E-state index contributed by atoms with van der Waals surface area (Å²) in [5.74, 6) is 0. The van der Waals surface area contributed by atoms with E-state index in [2.05, 4.69) is 37.4 Å². The average molecular weight is 201 g/mol. The van der Waals surface area contributed by atoms with Crippen molar-refractivity contribution in [1.82, 2.24) is 5.16 Å². The standard InChI is InChI=1S/C6H14.C3H3NO.C2H6.CH4/c1-5-6(2,3)4;1-2-4-5-3-1;1-2;/h5H2,1-4H3;1-3H;1-2H3;1H4. The van der Waals surface area contributed by atoms with Crippen LogP contribution in [0, 0.1) is 5.41 Å². The second-order valence-electron chi connectivity index (χ2n) is 3.60. The highest BCUT2D eigenvalue weighted by Gasteiger charge is 2.03. The van der Waals surface area contributed by atoms with Crippen molar-refractivity contribution in [2.24, 2.45) is 5.41 Å². The van der Waals surface area contributed by atoms with Gasteiger partial charge in [0.1, 0.15) is 6.26 Å². The molecule has 0 amide bonds. The van der Waals surface area contributed by atoms with Crippen molar-refractivity contribution < 1.29 is 4.52 Å². The molecule has 0 aliphatic carbocycles. The lowest BCUT2D eigenvalue weighted by atomic mass is 9.94. The van der Waals surface area contributed by atoms with E-state index in [0.29, 0.717) is 5.41 Å². The number of rotatable bonds is 0. The Kier molecular flexibility index (Phi) is 16.5.